The maximum Gasteiger partial charge on any atom is 0.414 e. The van der Waals surface area contributed by atoms with Crippen molar-refractivity contribution in [3.63, 3.8) is 0 Å². The van der Waals surface area contributed by atoms with Crippen molar-refractivity contribution in [2.45, 2.75) is 25.8 Å². The molecule has 9 heteroatoms. The molecular weight excluding hydrogens is 412 g/mol. The number of imidazole rings is 1. The van der Waals surface area contributed by atoms with Gasteiger partial charge in [-0.2, -0.15) is 0 Å². The summed E-state index contributed by atoms with van der Waals surface area (Å²) in [5, 5.41) is 18.2. The number of carboxylic acids is 2. The molecule has 1 aliphatic heterocycles. The molecule has 0 spiro atoms. The zero-order valence-electron chi connectivity index (χ0n) is 17.6. The summed E-state index contributed by atoms with van der Waals surface area (Å²) < 4.78 is 2.11. The Morgan fingerprint density at radius 1 is 1.03 bits per heavy atom. The van der Waals surface area contributed by atoms with Crippen molar-refractivity contribution in [2.75, 3.05) is 19.6 Å². The monoisotopic (exact) mass is 438 g/mol. The minimum atomic E-state index is -1.82. The summed E-state index contributed by atoms with van der Waals surface area (Å²) in [6.07, 6.45) is 4.62. The van der Waals surface area contributed by atoms with E-state index < -0.39 is 11.9 Å². The number of likely N-dealkylation sites (tertiary alicyclic amines) is 1. The third-order valence-electron chi connectivity index (χ3n) is 5.13. The van der Waals surface area contributed by atoms with Gasteiger partial charge in [0.2, 0.25) is 5.91 Å². The van der Waals surface area contributed by atoms with E-state index in [0.29, 0.717) is 5.91 Å². The molecule has 1 amide bonds. The highest BCUT2D eigenvalue weighted by Gasteiger charge is 2.18. The van der Waals surface area contributed by atoms with Gasteiger partial charge in [0.25, 0.3) is 0 Å². The molecule has 1 fully saturated rings. The van der Waals surface area contributed by atoms with E-state index in [1.807, 2.05) is 29.4 Å². The molecule has 0 unspecified atom stereocenters. The van der Waals surface area contributed by atoms with Gasteiger partial charge in [0.1, 0.15) is 6.33 Å². The molecule has 2 heterocycles. The van der Waals surface area contributed by atoms with Gasteiger partial charge < -0.3 is 20.4 Å². The lowest BCUT2D eigenvalue weighted by Crippen LogP contribution is -2.28. The molecule has 3 aromatic rings. The van der Waals surface area contributed by atoms with Crippen LogP contribution in [-0.4, -0.2) is 62.1 Å². The summed E-state index contributed by atoms with van der Waals surface area (Å²) in [6, 6.07) is 16.7. The summed E-state index contributed by atoms with van der Waals surface area (Å²) >= 11 is 0. The van der Waals surface area contributed by atoms with Crippen molar-refractivity contribution >= 4 is 28.9 Å². The molecule has 3 N–H and O–H groups in total. The Hall–Kier alpha value is -3.72. The van der Waals surface area contributed by atoms with E-state index >= 15 is 0 Å². The number of rotatable bonds is 7. The van der Waals surface area contributed by atoms with Gasteiger partial charge in [-0.25, -0.2) is 14.6 Å². The number of para-hydroxylation sites is 2. The van der Waals surface area contributed by atoms with Gasteiger partial charge in [0.15, 0.2) is 0 Å². The van der Waals surface area contributed by atoms with Gasteiger partial charge in [0.05, 0.1) is 11.0 Å². The highest BCUT2D eigenvalue weighted by molar-refractivity contribution is 6.27. The number of amides is 1. The second-order valence-electron chi connectivity index (χ2n) is 7.39. The third-order valence-corrected chi connectivity index (χ3v) is 5.13. The standard InChI is InChI=1S/C21H24N4O.C2H2O4/c26-21-7-3-13-24(21)14-4-12-22-15-17-8-10-18(11-9-17)25-16-23-19-5-1-2-6-20(19)25;3-1(4)2(5)6/h1-2,5-6,8-11,16,22H,3-4,7,12-15H2;(H,3,4)(H,5,6). The zero-order valence-corrected chi connectivity index (χ0v) is 17.6. The van der Waals surface area contributed by atoms with Crippen LogP contribution in [0.15, 0.2) is 54.9 Å². The largest absolute Gasteiger partial charge is 0.473 e. The molecule has 4 rings (SSSR count). The van der Waals surface area contributed by atoms with E-state index in [1.165, 1.54) is 5.56 Å². The summed E-state index contributed by atoms with van der Waals surface area (Å²) in [7, 11) is 0. The topological polar surface area (TPSA) is 125 Å². The molecule has 0 radical (unpaired) electrons. The Balaban J connectivity index is 0.000000427. The number of aliphatic carboxylic acids is 2. The Morgan fingerprint density at radius 3 is 2.41 bits per heavy atom. The first-order valence-corrected chi connectivity index (χ1v) is 10.4. The van der Waals surface area contributed by atoms with Crippen LogP contribution in [0.3, 0.4) is 0 Å². The molecule has 9 nitrogen and oxygen atoms in total. The van der Waals surface area contributed by atoms with Gasteiger partial charge in [-0.15, -0.1) is 0 Å². The van der Waals surface area contributed by atoms with Gasteiger partial charge in [0, 0.05) is 31.7 Å². The molecule has 1 aliphatic rings. The average molecular weight is 438 g/mol. The molecule has 1 saturated heterocycles. The molecule has 0 saturated carbocycles. The smallest absolute Gasteiger partial charge is 0.414 e. The number of benzene rings is 2. The summed E-state index contributed by atoms with van der Waals surface area (Å²) in [6.45, 7) is 3.58. The molecule has 0 bridgehead atoms. The summed E-state index contributed by atoms with van der Waals surface area (Å²) in [4.78, 5) is 36.2. The number of nitrogens with zero attached hydrogens (tertiary/aromatic N) is 3. The number of nitrogens with one attached hydrogen (secondary N) is 1. The van der Waals surface area contributed by atoms with E-state index in [2.05, 4.69) is 45.2 Å². The van der Waals surface area contributed by atoms with E-state index in [0.717, 1.165) is 62.2 Å². The summed E-state index contributed by atoms with van der Waals surface area (Å²) in [5.41, 5.74) is 4.51. The van der Waals surface area contributed by atoms with Gasteiger partial charge in [-0.1, -0.05) is 24.3 Å². The van der Waals surface area contributed by atoms with Crippen LogP contribution >= 0.6 is 0 Å². The Labute approximate surface area is 185 Å². The van der Waals surface area contributed by atoms with Crippen LogP contribution in [0.4, 0.5) is 0 Å². The van der Waals surface area contributed by atoms with Crippen LogP contribution in [0.1, 0.15) is 24.8 Å². The minimum absolute atomic E-state index is 0.313. The second-order valence-corrected chi connectivity index (χ2v) is 7.39. The first kappa shape index (κ1) is 23.0. The maximum atomic E-state index is 11.6. The number of aromatic nitrogens is 2. The fourth-order valence-corrected chi connectivity index (χ4v) is 3.51. The third kappa shape index (κ3) is 6.14. The molecule has 32 heavy (non-hydrogen) atoms. The number of hydrogen-bond acceptors (Lipinski definition) is 5. The average Bonchev–Trinajstić information content (AvgIpc) is 3.40. The van der Waals surface area contributed by atoms with Crippen molar-refractivity contribution in [1.29, 1.82) is 0 Å². The van der Waals surface area contributed by atoms with Gasteiger partial charge >= 0.3 is 11.9 Å². The Morgan fingerprint density at radius 2 is 1.75 bits per heavy atom. The minimum Gasteiger partial charge on any atom is -0.473 e. The molecule has 1 aromatic heterocycles. The van der Waals surface area contributed by atoms with Crippen molar-refractivity contribution < 1.29 is 24.6 Å². The number of carbonyl (C=O) groups excluding carboxylic acids is 1. The van der Waals surface area contributed by atoms with Crippen LogP contribution in [0.5, 0.6) is 0 Å². The normalized spacial score (nSPS) is 13.1. The first-order valence-electron chi connectivity index (χ1n) is 10.4. The quantitative estimate of drug-likeness (QED) is 0.382. The number of fused-ring (bicyclic) bond motifs is 1. The highest BCUT2D eigenvalue weighted by Crippen LogP contribution is 2.18. The van der Waals surface area contributed by atoms with Crippen molar-refractivity contribution in [3.8, 4) is 5.69 Å². The van der Waals surface area contributed by atoms with Crippen LogP contribution < -0.4 is 5.32 Å². The number of carbonyl (C=O) groups is 3. The first-order chi connectivity index (χ1) is 15.5. The van der Waals surface area contributed by atoms with Gasteiger partial charge in [-0.3, -0.25) is 9.36 Å². The molecule has 168 valence electrons. The van der Waals surface area contributed by atoms with Crippen LogP contribution in [0.25, 0.3) is 16.7 Å². The fraction of sp³-hybridized carbons (Fsp3) is 0.304. The zero-order chi connectivity index (χ0) is 22.9. The van der Waals surface area contributed by atoms with Crippen LogP contribution in [0.2, 0.25) is 0 Å². The van der Waals surface area contributed by atoms with E-state index in [1.54, 1.807) is 0 Å². The highest BCUT2D eigenvalue weighted by atomic mass is 16.4. The van der Waals surface area contributed by atoms with E-state index in [-0.39, 0.29) is 0 Å². The lowest BCUT2D eigenvalue weighted by atomic mass is 10.2. The van der Waals surface area contributed by atoms with Crippen LogP contribution in [0, 0.1) is 0 Å². The molecular formula is C23H26N4O5. The van der Waals surface area contributed by atoms with Gasteiger partial charge in [-0.05, 0) is 49.2 Å². The Bertz CT molecular complexity index is 1070. The maximum absolute atomic E-state index is 11.6. The molecule has 2 aromatic carbocycles. The number of carboxylic acid groups (broad SMARTS) is 2. The second kappa shape index (κ2) is 11.1. The lowest BCUT2D eigenvalue weighted by Gasteiger charge is -2.15. The predicted octanol–water partition coefficient (Wildman–Crippen LogP) is 2.28. The fourth-order valence-electron chi connectivity index (χ4n) is 3.51. The lowest BCUT2D eigenvalue weighted by molar-refractivity contribution is -0.159. The van der Waals surface area contributed by atoms with E-state index in [4.69, 9.17) is 19.8 Å². The summed E-state index contributed by atoms with van der Waals surface area (Å²) in [5.74, 6) is -3.34. The van der Waals surface area contributed by atoms with Crippen LogP contribution in [-0.2, 0) is 20.9 Å². The SMILES string of the molecule is O=C(O)C(=O)O.O=C1CCCN1CCCNCc1ccc(-n2cnc3ccccc32)cc1. The predicted molar refractivity (Wildman–Crippen MR) is 118 cm³/mol. The molecule has 0 aliphatic carbocycles. The number of hydrogen-bond donors (Lipinski definition) is 3. The Kier molecular flexibility index (Phi) is 7.93. The van der Waals surface area contributed by atoms with Crippen molar-refractivity contribution in [2.24, 2.45) is 0 Å². The van der Waals surface area contributed by atoms with E-state index in [9.17, 15) is 4.79 Å². The van der Waals surface area contributed by atoms with Crippen molar-refractivity contribution in [1.82, 2.24) is 19.8 Å². The molecule has 0 atom stereocenters. The van der Waals surface area contributed by atoms with Crippen molar-refractivity contribution in [3.05, 3.63) is 60.4 Å².